The van der Waals surface area contributed by atoms with E-state index in [9.17, 15) is 0 Å². The monoisotopic (exact) mass is 300 g/mol. The van der Waals surface area contributed by atoms with Gasteiger partial charge in [-0.05, 0) is 44.4 Å². The molecule has 120 valence electrons. The SMILES string of the molecule is CC/C=C(\C)c1cc(C(=N/C)/C(C)=C(\C)NC)cnc1NC. The molecule has 0 radical (unpaired) electrons. The molecule has 1 aromatic rings. The van der Waals surface area contributed by atoms with Gasteiger partial charge in [0.25, 0.3) is 0 Å². The quantitative estimate of drug-likeness (QED) is 0.784. The lowest BCUT2D eigenvalue weighted by Gasteiger charge is -2.14. The lowest BCUT2D eigenvalue weighted by atomic mass is 9.99. The van der Waals surface area contributed by atoms with Crippen LogP contribution in [0.15, 0.2) is 34.6 Å². The second kappa shape index (κ2) is 8.37. The first-order valence-corrected chi connectivity index (χ1v) is 7.67. The first-order valence-electron chi connectivity index (χ1n) is 7.67. The van der Waals surface area contributed by atoms with Crippen molar-refractivity contribution in [3.05, 3.63) is 40.7 Å². The smallest absolute Gasteiger partial charge is 0.133 e. The van der Waals surface area contributed by atoms with E-state index in [4.69, 9.17) is 0 Å². The Morgan fingerprint density at radius 1 is 1.27 bits per heavy atom. The summed E-state index contributed by atoms with van der Waals surface area (Å²) >= 11 is 0. The molecule has 1 heterocycles. The molecule has 0 aromatic carbocycles. The molecule has 0 fully saturated rings. The number of anilines is 1. The molecule has 0 bridgehead atoms. The van der Waals surface area contributed by atoms with Crippen LogP contribution in [0, 0.1) is 0 Å². The van der Waals surface area contributed by atoms with Gasteiger partial charge in [-0.2, -0.15) is 0 Å². The van der Waals surface area contributed by atoms with E-state index in [0.29, 0.717) is 0 Å². The van der Waals surface area contributed by atoms with Crippen LogP contribution in [-0.2, 0) is 0 Å². The van der Waals surface area contributed by atoms with E-state index in [2.05, 4.69) is 60.4 Å². The number of pyridine rings is 1. The number of nitrogens with zero attached hydrogens (tertiary/aromatic N) is 2. The fraction of sp³-hybridized carbons (Fsp3) is 0.444. The van der Waals surface area contributed by atoms with Gasteiger partial charge in [-0.3, -0.25) is 4.99 Å². The number of rotatable bonds is 6. The Morgan fingerprint density at radius 2 is 1.95 bits per heavy atom. The topological polar surface area (TPSA) is 49.3 Å². The minimum absolute atomic E-state index is 0.897. The van der Waals surface area contributed by atoms with E-state index in [1.54, 1.807) is 0 Å². The van der Waals surface area contributed by atoms with E-state index in [-0.39, 0.29) is 0 Å². The lowest BCUT2D eigenvalue weighted by molar-refractivity contribution is 0.973. The molecular formula is C18H28N4. The maximum absolute atomic E-state index is 4.56. The predicted molar refractivity (Wildman–Crippen MR) is 97.6 cm³/mol. The Kier molecular flexibility index (Phi) is 6.83. The Balaban J connectivity index is 3.44. The van der Waals surface area contributed by atoms with E-state index in [1.807, 2.05) is 27.3 Å². The summed E-state index contributed by atoms with van der Waals surface area (Å²) in [5.74, 6) is 0.897. The number of hydrogen-bond acceptors (Lipinski definition) is 4. The Labute approximate surface area is 134 Å². The summed E-state index contributed by atoms with van der Waals surface area (Å²) in [5, 5.41) is 6.35. The van der Waals surface area contributed by atoms with E-state index < -0.39 is 0 Å². The molecule has 0 unspecified atom stereocenters. The van der Waals surface area contributed by atoms with Crippen LogP contribution in [0.3, 0.4) is 0 Å². The average Bonchev–Trinajstić information content (AvgIpc) is 2.54. The van der Waals surface area contributed by atoms with Crippen LogP contribution in [0.25, 0.3) is 5.57 Å². The van der Waals surface area contributed by atoms with Gasteiger partial charge in [0.05, 0.1) is 5.71 Å². The molecule has 0 saturated carbocycles. The highest BCUT2D eigenvalue weighted by Crippen LogP contribution is 2.24. The zero-order valence-electron chi connectivity index (χ0n) is 14.8. The largest absolute Gasteiger partial charge is 0.391 e. The number of allylic oxidation sites excluding steroid dienone is 4. The summed E-state index contributed by atoms with van der Waals surface area (Å²) in [6.45, 7) is 8.39. The molecule has 0 saturated heterocycles. The molecule has 0 aliphatic heterocycles. The minimum Gasteiger partial charge on any atom is -0.391 e. The molecule has 4 heteroatoms. The van der Waals surface area contributed by atoms with Gasteiger partial charge in [-0.15, -0.1) is 0 Å². The maximum atomic E-state index is 4.56. The van der Waals surface area contributed by atoms with E-state index in [0.717, 1.165) is 40.3 Å². The van der Waals surface area contributed by atoms with Crippen LogP contribution in [0.5, 0.6) is 0 Å². The van der Waals surface area contributed by atoms with Gasteiger partial charge in [0.2, 0.25) is 0 Å². The van der Waals surface area contributed by atoms with Crippen LogP contribution >= 0.6 is 0 Å². The van der Waals surface area contributed by atoms with Crippen molar-refractivity contribution in [1.29, 1.82) is 0 Å². The Bertz CT molecular complexity index is 610. The Morgan fingerprint density at radius 3 is 2.45 bits per heavy atom. The van der Waals surface area contributed by atoms with Gasteiger partial charge >= 0.3 is 0 Å². The van der Waals surface area contributed by atoms with Crippen molar-refractivity contribution in [2.24, 2.45) is 4.99 Å². The number of nitrogens with one attached hydrogen (secondary N) is 2. The predicted octanol–water partition coefficient (Wildman–Crippen LogP) is 3.87. The van der Waals surface area contributed by atoms with Gasteiger partial charge in [0, 0.05) is 44.2 Å². The third kappa shape index (κ3) is 3.97. The van der Waals surface area contributed by atoms with Crippen molar-refractivity contribution in [2.45, 2.75) is 34.1 Å². The van der Waals surface area contributed by atoms with Crippen molar-refractivity contribution in [2.75, 3.05) is 26.5 Å². The zero-order chi connectivity index (χ0) is 16.7. The van der Waals surface area contributed by atoms with Crippen LogP contribution in [0.1, 0.15) is 45.2 Å². The molecule has 0 atom stereocenters. The van der Waals surface area contributed by atoms with Gasteiger partial charge in [0.1, 0.15) is 5.82 Å². The van der Waals surface area contributed by atoms with Crippen LogP contribution < -0.4 is 10.6 Å². The molecular weight excluding hydrogens is 272 g/mol. The van der Waals surface area contributed by atoms with Gasteiger partial charge in [-0.25, -0.2) is 4.98 Å². The van der Waals surface area contributed by atoms with Gasteiger partial charge in [-0.1, -0.05) is 13.0 Å². The highest BCUT2D eigenvalue weighted by molar-refractivity contribution is 6.12. The molecule has 1 aromatic heterocycles. The van der Waals surface area contributed by atoms with Crippen molar-refractivity contribution >= 4 is 17.1 Å². The molecule has 4 nitrogen and oxygen atoms in total. The molecule has 1 rings (SSSR count). The fourth-order valence-corrected chi connectivity index (χ4v) is 2.39. The van der Waals surface area contributed by atoms with Crippen molar-refractivity contribution in [3.63, 3.8) is 0 Å². The highest BCUT2D eigenvalue weighted by atomic mass is 15.0. The summed E-state index contributed by atoms with van der Waals surface area (Å²) in [5.41, 5.74) is 6.59. The number of aromatic nitrogens is 1. The summed E-state index contributed by atoms with van der Waals surface area (Å²) < 4.78 is 0. The first kappa shape index (κ1) is 18.0. The summed E-state index contributed by atoms with van der Waals surface area (Å²) in [7, 11) is 5.64. The molecule has 22 heavy (non-hydrogen) atoms. The molecule has 2 N–H and O–H groups in total. The molecule has 0 aliphatic rings. The van der Waals surface area contributed by atoms with Crippen LogP contribution in [0.4, 0.5) is 5.82 Å². The highest BCUT2D eigenvalue weighted by Gasteiger charge is 2.12. The summed E-state index contributed by atoms with van der Waals surface area (Å²) in [4.78, 5) is 9.03. The molecule has 0 aliphatic carbocycles. The second-order valence-corrected chi connectivity index (χ2v) is 5.24. The molecule has 0 spiro atoms. The standard InChI is InChI=1S/C18H28N4/c1-8-9-12(2)16-10-15(11-22-18(16)21-7)17(20-6)13(3)14(4)19-5/h9-11,19H,8H2,1-7H3,(H,21,22)/b12-9+,14-13+,20-17+. The van der Waals surface area contributed by atoms with Crippen molar-refractivity contribution in [3.8, 4) is 0 Å². The van der Waals surface area contributed by atoms with Crippen molar-refractivity contribution < 1.29 is 0 Å². The second-order valence-electron chi connectivity index (χ2n) is 5.24. The third-order valence-electron chi connectivity index (χ3n) is 3.85. The summed E-state index contributed by atoms with van der Waals surface area (Å²) in [6.07, 6.45) is 5.10. The average molecular weight is 300 g/mol. The van der Waals surface area contributed by atoms with E-state index in [1.165, 1.54) is 5.57 Å². The number of aliphatic imine (C=N–C) groups is 1. The fourth-order valence-electron chi connectivity index (χ4n) is 2.39. The normalized spacial score (nSPS) is 13.8. The van der Waals surface area contributed by atoms with E-state index >= 15 is 0 Å². The zero-order valence-corrected chi connectivity index (χ0v) is 14.8. The van der Waals surface area contributed by atoms with Gasteiger partial charge in [0.15, 0.2) is 0 Å². The Hall–Kier alpha value is -2.10. The lowest BCUT2D eigenvalue weighted by Crippen LogP contribution is -2.13. The maximum Gasteiger partial charge on any atom is 0.133 e. The van der Waals surface area contributed by atoms with Gasteiger partial charge < -0.3 is 10.6 Å². The first-order chi connectivity index (χ1) is 10.5. The summed E-state index contributed by atoms with van der Waals surface area (Å²) in [6, 6.07) is 2.16. The van der Waals surface area contributed by atoms with Crippen LogP contribution in [0.2, 0.25) is 0 Å². The molecule has 0 amide bonds. The third-order valence-corrected chi connectivity index (χ3v) is 3.85. The van der Waals surface area contributed by atoms with Crippen molar-refractivity contribution in [1.82, 2.24) is 10.3 Å². The number of hydrogen-bond donors (Lipinski definition) is 2. The van der Waals surface area contributed by atoms with Crippen LogP contribution in [-0.4, -0.2) is 31.8 Å². The minimum atomic E-state index is 0.897.